The highest BCUT2D eigenvalue weighted by molar-refractivity contribution is 7.92. The summed E-state index contributed by atoms with van der Waals surface area (Å²) in [4.78, 5) is 0.0950. The van der Waals surface area contributed by atoms with E-state index in [4.69, 9.17) is 4.52 Å². The van der Waals surface area contributed by atoms with Gasteiger partial charge < -0.3 is 9.63 Å². The lowest BCUT2D eigenvalue weighted by Gasteiger charge is -2.07. The first kappa shape index (κ1) is 13.6. The maximum atomic E-state index is 12.0. The van der Waals surface area contributed by atoms with Crippen LogP contribution in [0.25, 0.3) is 0 Å². The van der Waals surface area contributed by atoms with Crippen molar-refractivity contribution in [3.05, 3.63) is 41.7 Å². The van der Waals surface area contributed by atoms with E-state index in [1.54, 1.807) is 26.0 Å². The molecule has 1 heterocycles. The van der Waals surface area contributed by atoms with E-state index < -0.39 is 16.1 Å². The topological polar surface area (TPSA) is 92.4 Å². The van der Waals surface area contributed by atoms with Gasteiger partial charge in [0, 0.05) is 6.07 Å². The largest absolute Gasteiger partial charge is 0.389 e. The van der Waals surface area contributed by atoms with E-state index >= 15 is 0 Å². The fourth-order valence-corrected chi connectivity index (χ4v) is 2.52. The maximum Gasteiger partial charge on any atom is 0.263 e. The van der Waals surface area contributed by atoms with Crippen LogP contribution in [0.3, 0.4) is 0 Å². The van der Waals surface area contributed by atoms with E-state index in [1.807, 2.05) is 0 Å². The molecule has 0 fully saturated rings. The Bertz CT molecular complexity index is 659. The van der Waals surface area contributed by atoms with Gasteiger partial charge in [-0.25, -0.2) is 8.42 Å². The van der Waals surface area contributed by atoms with Gasteiger partial charge in [0.2, 0.25) is 0 Å². The number of aromatic nitrogens is 1. The highest BCUT2D eigenvalue weighted by Crippen LogP contribution is 2.18. The quantitative estimate of drug-likeness (QED) is 0.892. The van der Waals surface area contributed by atoms with Gasteiger partial charge in [-0.2, -0.15) is 0 Å². The van der Waals surface area contributed by atoms with E-state index in [-0.39, 0.29) is 10.7 Å². The normalized spacial score (nSPS) is 13.2. The molecule has 1 aromatic carbocycles. The summed E-state index contributed by atoms with van der Waals surface area (Å²) in [7, 11) is -3.70. The van der Waals surface area contributed by atoms with E-state index in [2.05, 4.69) is 9.88 Å². The molecule has 0 spiro atoms. The minimum Gasteiger partial charge on any atom is -0.389 e. The fourth-order valence-electron chi connectivity index (χ4n) is 1.54. The Kier molecular flexibility index (Phi) is 3.59. The third-order valence-corrected chi connectivity index (χ3v) is 3.91. The number of aryl methyl sites for hydroxylation is 1. The average molecular weight is 282 g/mol. The number of nitrogens with zero attached hydrogens (tertiary/aromatic N) is 1. The molecule has 0 radical (unpaired) electrons. The number of benzene rings is 1. The Morgan fingerprint density at radius 3 is 2.42 bits per heavy atom. The average Bonchev–Trinajstić information content (AvgIpc) is 2.74. The van der Waals surface area contributed by atoms with Crippen LogP contribution >= 0.6 is 0 Å². The summed E-state index contributed by atoms with van der Waals surface area (Å²) < 4.78 is 31.2. The van der Waals surface area contributed by atoms with E-state index in [1.165, 1.54) is 18.2 Å². The zero-order valence-electron chi connectivity index (χ0n) is 10.5. The number of sulfonamides is 1. The maximum absolute atomic E-state index is 12.0. The molecule has 0 bridgehead atoms. The van der Waals surface area contributed by atoms with Gasteiger partial charge in [0.1, 0.15) is 5.76 Å². The van der Waals surface area contributed by atoms with Crippen LogP contribution in [0.1, 0.15) is 24.4 Å². The molecule has 0 amide bonds. The highest BCUT2D eigenvalue weighted by atomic mass is 32.2. The van der Waals surface area contributed by atoms with Crippen molar-refractivity contribution in [2.24, 2.45) is 0 Å². The molecule has 1 unspecified atom stereocenters. The van der Waals surface area contributed by atoms with E-state index in [0.717, 1.165) is 0 Å². The second-order valence-corrected chi connectivity index (χ2v) is 5.86. The molecule has 0 saturated carbocycles. The smallest absolute Gasteiger partial charge is 0.263 e. The number of hydrogen-bond acceptors (Lipinski definition) is 5. The number of aliphatic hydroxyl groups excluding tert-OH is 1. The number of anilines is 1. The van der Waals surface area contributed by atoms with Gasteiger partial charge in [-0.1, -0.05) is 17.3 Å². The monoisotopic (exact) mass is 282 g/mol. The lowest BCUT2D eigenvalue weighted by Crippen LogP contribution is -2.13. The Labute approximate surface area is 111 Å². The molecule has 1 aromatic heterocycles. The zero-order chi connectivity index (χ0) is 14.0. The van der Waals surface area contributed by atoms with Crippen LogP contribution in [-0.2, 0) is 10.0 Å². The molecule has 1 atom stereocenters. The SMILES string of the molecule is Cc1cc(NS(=O)(=O)c2ccc(C(C)O)cc2)no1. The van der Waals surface area contributed by atoms with Crippen LogP contribution in [-0.4, -0.2) is 18.7 Å². The van der Waals surface area contributed by atoms with E-state index in [9.17, 15) is 13.5 Å². The van der Waals surface area contributed by atoms with Gasteiger partial charge in [0.05, 0.1) is 11.0 Å². The molecule has 102 valence electrons. The van der Waals surface area contributed by atoms with Crippen molar-refractivity contribution in [1.29, 1.82) is 0 Å². The van der Waals surface area contributed by atoms with Gasteiger partial charge in [-0.3, -0.25) is 4.72 Å². The number of nitrogens with one attached hydrogen (secondary N) is 1. The van der Waals surface area contributed by atoms with Crippen molar-refractivity contribution in [3.63, 3.8) is 0 Å². The molecular formula is C12H14N2O4S. The van der Waals surface area contributed by atoms with Crippen molar-refractivity contribution in [2.45, 2.75) is 24.8 Å². The summed E-state index contributed by atoms with van der Waals surface area (Å²) in [5.41, 5.74) is 0.649. The van der Waals surface area contributed by atoms with Crippen molar-refractivity contribution in [1.82, 2.24) is 5.16 Å². The van der Waals surface area contributed by atoms with Gasteiger partial charge in [-0.15, -0.1) is 0 Å². The summed E-state index contributed by atoms with van der Waals surface area (Å²) in [6.07, 6.45) is -0.636. The van der Waals surface area contributed by atoms with Gasteiger partial charge in [-0.05, 0) is 31.5 Å². The predicted molar refractivity (Wildman–Crippen MR) is 69.1 cm³/mol. The molecule has 0 aliphatic heterocycles. The Hall–Kier alpha value is -1.86. The number of aliphatic hydroxyl groups is 1. The van der Waals surface area contributed by atoms with Gasteiger partial charge in [0.25, 0.3) is 10.0 Å². The standard InChI is InChI=1S/C12H14N2O4S/c1-8-7-12(13-18-8)14-19(16,17)11-5-3-10(4-6-11)9(2)15/h3-7,9,15H,1-2H3,(H,13,14). The van der Waals surface area contributed by atoms with Crippen LogP contribution < -0.4 is 4.72 Å². The minimum atomic E-state index is -3.70. The molecule has 0 aliphatic rings. The molecule has 0 aliphatic carbocycles. The fraction of sp³-hybridized carbons (Fsp3) is 0.250. The Morgan fingerprint density at radius 2 is 1.95 bits per heavy atom. The second kappa shape index (κ2) is 5.02. The van der Waals surface area contributed by atoms with Crippen molar-refractivity contribution in [3.8, 4) is 0 Å². The lowest BCUT2D eigenvalue weighted by atomic mass is 10.1. The molecular weight excluding hydrogens is 268 g/mol. The third-order valence-electron chi connectivity index (χ3n) is 2.54. The minimum absolute atomic E-state index is 0.0950. The first-order valence-electron chi connectivity index (χ1n) is 5.62. The summed E-state index contributed by atoms with van der Waals surface area (Å²) >= 11 is 0. The molecule has 2 N–H and O–H groups in total. The summed E-state index contributed by atoms with van der Waals surface area (Å²) in [5, 5.41) is 12.9. The molecule has 2 rings (SSSR count). The van der Waals surface area contributed by atoms with Crippen LogP contribution in [0.2, 0.25) is 0 Å². The predicted octanol–water partition coefficient (Wildman–Crippen LogP) is 1.84. The molecule has 2 aromatic rings. The third kappa shape index (κ3) is 3.12. The second-order valence-electron chi connectivity index (χ2n) is 4.17. The van der Waals surface area contributed by atoms with Crippen LogP contribution in [0.4, 0.5) is 5.82 Å². The lowest BCUT2D eigenvalue weighted by molar-refractivity contribution is 0.199. The number of hydrogen-bond donors (Lipinski definition) is 2. The summed E-state index contributed by atoms with van der Waals surface area (Å²) in [5.74, 6) is 0.652. The van der Waals surface area contributed by atoms with Crippen molar-refractivity contribution < 1.29 is 18.0 Å². The van der Waals surface area contributed by atoms with Gasteiger partial charge >= 0.3 is 0 Å². The molecule has 6 nitrogen and oxygen atoms in total. The Balaban J connectivity index is 2.24. The van der Waals surface area contributed by atoms with Crippen molar-refractivity contribution >= 4 is 15.8 Å². The molecule has 0 saturated heterocycles. The first-order valence-corrected chi connectivity index (χ1v) is 7.11. The van der Waals surface area contributed by atoms with Crippen LogP contribution in [0.5, 0.6) is 0 Å². The molecule has 7 heteroatoms. The summed E-state index contributed by atoms with van der Waals surface area (Å²) in [6, 6.07) is 7.47. The zero-order valence-corrected chi connectivity index (χ0v) is 11.3. The van der Waals surface area contributed by atoms with Gasteiger partial charge in [0.15, 0.2) is 5.82 Å². The first-order chi connectivity index (χ1) is 8.88. The van der Waals surface area contributed by atoms with E-state index in [0.29, 0.717) is 11.3 Å². The number of rotatable bonds is 4. The Morgan fingerprint density at radius 1 is 1.32 bits per heavy atom. The van der Waals surface area contributed by atoms with Crippen LogP contribution in [0.15, 0.2) is 39.8 Å². The molecule has 19 heavy (non-hydrogen) atoms. The highest BCUT2D eigenvalue weighted by Gasteiger charge is 2.16. The van der Waals surface area contributed by atoms with Crippen molar-refractivity contribution in [2.75, 3.05) is 4.72 Å². The van der Waals surface area contributed by atoms with Crippen LogP contribution in [0, 0.1) is 6.92 Å². The summed E-state index contributed by atoms with van der Waals surface area (Å²) in [6.45, 7) is 3.28.